The smallest absolute Gasteiger partial charge is 0.411 e. The van der Waals surface area contributed by atoms with Crippen LogP contribution in [-0.2, 0) is 11.2 Å². The standard InChI is InChI=1S/C16H19NO3/c18-15-9-7-11-6-8-12(10-14(11)15)17-16(19)20-13-4-2-1-3-5-13/h6,8,10,13H,1-5,7,9H2,(H,17,19). The molecule has 1 amide bonds. The quantitative estimate of drug-likeness (QED) is 0.894. The summed E-state index contributed by atoms with van der Waals surface area (Å²) in [4.78, 5) is 23.5. The molecule has 0 radical (unpaired) electrons. The number of fused-ring (bicyclic) bond motifs is 1. The Kier molecular flexibility index (Phi) is 3.72. The lowest BCUT2D eigenvalue weighted by atomic mass is 9.98. The Balaban J connectivity index is 1.61. The molecule has 1 N–H and O–H groups in total. The summed E-state index contributed by atoms with van der Waals surface area (Å²) < 4.78 is 5.41. The average molecular weight is 273 g/mol. The van der Waals surface area contributed by atoms with E-state index in [9.17, 15) is 9.59 Å². The highest BCUT2D eigenvalue weighted by atomic mass is 16.6. The molecule has 1 saturated carbocycles. The van der Waals surface area contributed by atoms with Crippen molar-refractivity contribution in [3.63, 3.8) is 0 Å². The Morgan fingerprint density at radius 1 is 1.15 bits per heavy atom. The number of rotatable bonds is 2. The van der Waals surface area contributed by atoms with Gasteiger partial charge in [0.15, 0.2) is 5.78 Å². The van der Waals surface area contributed by atoms with Crippen LogP contribution in [0.2, 0.25) is 0 Å². The lowest BCUT2D eigenvalue weighted by Gasteiger charge is -2.21. The van der Waals surface area contributed by atoms with Gasteiger partial charge in [-0.2, -0.15) is 0 Å². The molecule has 3 rings (SSSR count). The van der Waals surface area contributed by atoms with Gasteiger partial charge in [-0.25, -0.2) is 4.79 Å². The number of Topliss-reactive ketones (excluding diaryl/α,β-unsaturated/α-hetero) is 1. The van der Waals surface area contributed by atoms with Gasteiger partial charge in [0.25, 0.3) is 0 Å². The highest BCUT2D eigenvalue weighted by molar-refractivity contribution is 6.01. The molecule has 4 heteroatoms. The number of nitrogens with one attached hydrogen (secondary N) is 1. The van der Waals surface area contributed by atoms with Crippen molar-refractivity contribution in [2.45, 2.75) is 51.0 Å². The number of amides is 1. The number of hydrogen-bond acceptors (Lipinski definition) is 3. The zero-order valence-electron chi connectivity index (χ0n) is 11.5. The summed E-state index contributed by atoms with van der Waals surface area (Å²) >= 11 is 0. The van der Waals surface area contributed by atoms with E-state index in [1.807, 2.05) is 12.1 Å². The van der Waals surface area contributed by atoms with Crippen LogP contribution >= 0.6 is 0 Å². The van der Waals surface area contributed by atoms with Gasteiger partial charge in [-0.15, -0.1) is 0 Å². The molecule has 2 aliphatic rings. The molecule has 106 valence electrons. The summed E-state index contributed by atoms with van der Waals surface area (Å²) in [5.74, 6) is 0.157. The first-order valence-electron chi connectivity index (χ1n) is 7.36. The number of ether oxygens (including phenoxy) is 1. The number of ketones is 1. The van der Waals surface area contributed by atoms with E-state index >= 15 is 0 Å². The van der Waals surface area contributed by atoms with Crippen LogP contribution in [0.15, 0.2) is 18.2 Å². The minimum absolute atomic E-state index is 0.0415. The fourth-order valence-corrected chi connectivity index (χ4v) is 3.00. The van der Waals surface area contributed by atoms with Gasteiger partial charge in [-0.1, -0.05) is 12.5 Å². The lowest BCUT2D eigenvalue weighted by molar-refractivity contribution is 0.0864. The van der Waals surface area contributed by atoms with Crippen molar-refractivity contribution in [1.29, 1.82) is 0 Å². The van der Waals surface area contributed by atoms with Crippen molar-refractivity contribution in [3.8, 4) is 0 Å². The average Bonchev–Trinajstić information content (AvgIpc) is 2.81. The van der Waals surface area contributed by atoms with E-state index in [1.165, 1.54) is 6.42 Å². The van der Waals surface area contributed by atoms with Crippen molar-refractivity contribution < 1.29 is 14.3 Å². The first kappa shape index (κ1) is 13.2. The van der Waals surface area contributed by atoms with Crippen molar-refractivity contribution in [2.24, 2.45) is 0 Å². The molecule has 0 bridgehead atoms. The third kappa shape index (κ3) is 2.84. The third-order valence-electron chi connectivity index (χ3n) is 4.10. The molecule has 0 saturated heterocycles. The molecule has 0 aromatic heterocycles. The number of aryl methyl sites for hydroxylation is 1. The fraction of sp³-hybridized carbons (Fsp3) is 0.500. The number of benzene rings is 1. The van der Waals surface area contributed by atoms with Crippen LogP contribution < -0.4 is 5.32 Å². The van der Waals surface area contributed by atoms with Gasteiger partial charge in [0.05, 0.1) is 0 Å². The van der Waals surface area contributed by atoms with Crippen LogP contribution in [0.4, 0.5) is 10.5 Å². The Bertz CT molecular complexity index is 533. The topological polar surface area (TPSA) is 55.4 Å². The van der Waals surface area contributed by atoms with Gasteiger partial charge in [-0.05, 0) is 49.8 Å². The second-order valence-electron chi connectivity index (χ2n) is 5.59. The van der Waals surface area contributed by atoms with Crippen LogP contribution in [0, 0.1) is 0 Å². The summed E-state index contributed by atoms with van der Waals surface area (Å²) in [6.45, 7) is 0. The molecule has 0 heterocycles. The van der Waals surface area contributed by atoms with E-state index < -0.39 is 6.09 Å². The van der Waals surface area contributed by atoms with E-state index in [-0.39, 0.29) is 11.9 Å². The fourth-order valence-electron chi connectivity index (χ4n) is 3.00. The number of carbonyl (C=O) groups excluding carboxylic acids is 2. The summed E-state index contributed by atoms with van der Waals surface area (Å²) in [5, 5.41) is 2.73. The molecule has 1 aromatic rings. The molecule has 1 aromatic carbocycles. The molecule has 20 heavy (non-hydrogen) atoms. The first-order chi connectivity index (χ1) is 9.72. The Labute approximate surface area is 118 Å². The van der Waals surface area contributed by atoms with Crippen molar-refractivity contribution in [1.82, 2.24) is 0 Å². The largest absolute Gasteiger partial charge is 0.446 e. The third-order valence-corrected chi connectivity index (χ3v) is 4.10. The number of carbonyl (C=O) groups is 2. The van der Waals surface area contributed by atoms with Crippen LogP contribution in [0.3, 0.4) is 0 Å². The zero-order chi connectivity index (χ0) is 13.9. The van der Waals surface area contributed by atoms with E-state index in [4.69, 9.17) is 4.74 Å². The van der Waals surface area contributed by atoms with Crippen molar-refractivity contribution in [2.75, 3.05) is 5.32 Å². The lowest BCUT2D eigenvalue weighted by Crippen LogP contribution is -2.24. The van der Waals surface area contributed by atoms with Crippen molar-refractivity contribution >= 4 is 17.6 Å². The van der Waals surface area contributed by atoms with Gasteiger partial charge >= 0.3 is 6.09 Å². The van der Waals surface area contributed by atoms with Gasteiger partial charge in [0.2, 0.25) is 0 Å². The van der Waals surface area contributed by atoms with Crippen LogP contribution in [-0.4, -0.2) is 18.0 Å². The molecule has 4 nitrogen and oxygen atoms in total. The zero-order valence-corrected chi connectivity index (χ0v) is 11.5. The maximum absolute atomic E-state index is 11.8. The molecule has 0 atom stereocenters. The second kappa shape index (κ2) is 5.65. The van der Waals surface area contributed by atoms with Gasteiger partial charge < -0.3 is 4.74 Å². The summed E-state index contributed by atoms with van der Waals surface area (Å²) in [7, 11) is 0. The van der Waals surface area contributed by atoms with E-state index in [1.54, 1.807) is 6.07 Å². The van der Waals surface area contributed by atoms with E-state index in [2.05, 4.69) is 5.32 Å². The minimum atomic E-state index is -0.415. The maximum atomic E-state index is 11.8. The highest BCUT2D eigenvalue weighted by Gasteiger charge is 2.21. The summed E-state index contributed by atoms with van der Waals surface area (Å²) in [6, 6.07) is 5.50. The number of hydrogen-bond donors (Lipinski definition) is 1. The minimum Gasteiger partial charge on any atom is -0.446 e. The molecule has 2 aliphatic carbocycles. The molecule has 0 aliphatic heterocycles. The van der Waals surface area contributed by atoms with Crippen molar-refractivity contribution in [3.05, 3.63) is 29.3 Å². The van der Waals surface area contributed by atoms with Gasteiger partial charge in [0, 0.05) is 17.7 Å². The molecule has 0 unspecified atom stereocenters. The molecular formula is C16H19NO3. The predicted octanol–water partition coefficient (Wildman–Crippen LogP) is 3.70. The number of anilines is 1. The van der Waals surface area contributed by atoms with Gasteiger partial charge in [0.1, 0.15) is 6.10 Å². The molecular weight excluding hydrogens is 254 g/mol. The predicted molar refractivity (Wildman–Crippen MR) is 76.1 cm³/mol. The second-order valence-corrected chi connectivity index (χ2v) is 5.59. The normalized spacial score (nSPS) is 18.7. The Hall–Kier alpha value is -1.84. The van der Waals surface area contributed by atoms with Gasteiger partial charge in [-0.3, -0.25) is 10.1 Å². The van der Waals surface area contributed by atoms with Crippen LogP contribution in [0.5, 0.6) is 0 Å². The van der Waals surface area contributed by atoms with E-state index in [0.29, 0.717) is 12.1 Å². The van der Waals surface area contributed by atoms with E-state index in [0.717, 1.165) is 43.2 Å². The maximum Gasteiger partial charge on any atom is 0.411 e. The monoisotopic (exact) mass is 273 g/mol. The Morgan fingerprint density at radius 2 is 1.95 bits per heavy atom. The SMILES string of the molecule is O=C(Nc1ccc2c(c1)C(=O)CC2)OC1CCCCC1. The molecule has 0 spiro atoms. The summed E-state index contributed by atoms with van der Waals surface area (Å²) in [5.41, 5.74) is 2.45. The molecule has 1 fully saturated rings. The van der Waals surface area contributed by atoms with Crippen LogP contribution in [0.25, 0.3) is 0 Å². The first-order valence-corrected chi connectivity index (χ1v) is 7.36. The Morgan fingerprint density at radius 3 is 2.75 bits per heavy atom. The highest BCUT2D eigenvalue weighted by Crippen LogP contribution is 2.25. The van der Waals surface area contributed by atoms with Crippen LogP contribution in [0.1, 0.15) is 54.4 Å². The summed E-state index contributed by atoms with van der Waals surface area (Å²) in [6.07, 6.45) is 6.41.